The van der Waals surface area contributed by atoms with Gasteiger partial charge in [0, 0.05) is 32.6 Å². The first-order valence-electron chi connectivity index (χ1n) is 6.42. The molecule has 0 aromatic rings. The minimum atomic E-state index is -0.878. The van der Waals surface area contributed by atoms with Crippen LogP contribution in [0, 0.1) is 5.92 Å². The maximum atomic E-state index is 11.9. The second-order valence-corrected chi connectivity index (χ2v) is 4.99. The van der Waals surface area contributed by atoms with E-state index in [4.69, 9.17) is 5.11 Å². The van der Waals surface area contributed by atoms with Gasteiger partial charge in [-0.2, -0.15) is 0 Å². The Hall–Kier alpha value is -1.26. The van der Waals surface area contributed by atoms with Gasteiger partial charge >= 0.3 is 6.09 Å². The number of amides is 2. The first kappa shape index (κ1) is 12.2. The highest BCUT2D eigenvalue weighted by atomic mass is 16.4. The van der Waals surface area contributed by atoms with Crippen LogP contribution in [0.3, 0.4) is 0 Å². The van der Waals surface area contributed by atoms with E-state index < -0.39 is 6.09 Å². The molecule has 1 saturated carbocycles. The fraction of sp³-hybridized carbons (Fsp3) is 0.833. The SMILES string of the molecule is O=C(O)N1CCCN(C(=O)CCC2CC2)CC1. The lowest BCUT2D eigenvalue weighted by molar-refractivity contribution is -0.131. The van der Waals surface area contributed by atoms with E-state index in [0.717, 1.165) is 18.8 Å². The molecule has 0 aromatic carbocycles. The molecule has 0 bridgehead atoms. The van der Waals surface area contributed by atoms with Crippen molar-refractivity contribution in [1.82, 2.24) is 9.80 Å². The maximum absolute atomic E-state index is 11.9. The van der Waals surface area contributed by atoms with Gasteiger partial charge in [0.15, 0.2) is 0 Å². The van der Waals surface area contributed by atoms with E-state index in [1.54, 1.807) is 0 Å². The van der Waals surface area contributed by atoms with Crippen molar-refractivity contribution in [1.29, 1.82) is 0 Å². The highest BCUT2D eigenvalue weighted by Gasteiger charge is 2.25. The third kappa shape index (κ3) is 3.61. The van der Waals surface area contributed by atoms with Gasteiger partial charge < -0.3 is 14.9 Å². The average molecular weight is 240 g/mol. The topological polar surface area (TPSA) is 60.9 Å². The van der Waals surface area contributed by atoms with Gasteiger partial charge in [-0.3, -0.25) is 4.79 Å². The zero-order chi connectivity index (χ0) is 12.3. The summed E-state index contributed by atoms with van der Waals surface area (Å²) in [6.45, 7) is 2.25. The number of nitrogens with zero attached hydrogens (tertiary/aromatic N) is 2. The number of rotatable bonds is 3. The monoisotopic (exact) mass is 240 g/mol. The fourth-order valence-corrected chi connectivity index (χ4v) is 2.25. The second-order valence-electron chi connectivity index (χ2n) is 4.99. The molecule has 5 heteroatoms. The largest absolute Gasteiger partial charge is 0.465 e. The van der Waals surface area contributed by atoms with Crippen LogP contribution >= 0.6 is 0 Å². The Labute approximate surface area is 101 Å². The molecule has 1 aliphatic heterocycles. The zero-order valence-corrected chi connectivity index (χ0v) is 10.1. The van der Waals surface area contributed by atoms with E-state index in [1.165, 1.54) is 17.7 Å². The Bertz CT molecular complexity index is 302. The van der Waals surface area contributed by atoms with Crippen molar-refractivity contribution in [3.05, 3.63) is 0 Å². The van der Waals surface area contributed by atoms with Gasteiger partial charge in [-0.15, -0.1) is 0 Å². The normalized spacial score (nSPS) is 21.2. The van der Waals surface area contributed by atoms with Gasteiger partial charge in [0.1, 0.15) is 0 Å². The van der Waals surface area contributed by atoms with Gasteiger partial charge in [-0.25, -0.2) is 4.79 Å². The van der Waals surface area contributed by atoms with Crippen molar-refractivity contribution in [2.75, 3.05) is 26.2 Å². The number of hydrogen-bond donors (Lipinski definition) is 1. The summed E-state index contributed by atoms with van der Waals surface area (Å²) in [6, 6.07) is 0. The number of carboxylic acid groups (broad SMARTS) is 1. The highest BCUT2D eigenvalue weighted by Crippen LogP contribution is 2.33. The van der Waals surface area contributed by atoms with Crippen molar-refractivity contribution >= 4 is 12.0 Å². The Balaban J connectivity index is 1.76. The van der Waals surface area contributed by atoms with Gasteiger partial charge in [0.25, 0.3) is 0 Å². The Morgan fingerprint density at radius 2 is 1.71 bits per heavy atom. The summed E-state index contributed by atoms with van der Waals surface area (Å²) in [4.78, 5) is 26.0. The van der Waals surface area contributed by atoms with Crippen molar-refractivity contribution in [2.24, 2.45) is 5.92 Å². The van der Waals surface area contributed by atoms with E-state index in [1.807, 2.05) is 4.90 Å². The molecule has 1 aliphatic carbocycles. The molecule has 0 spiro atoms. The summed E-state index contributed by atoms with van der Waals surface area (Å²) in [7, 11) is 0. The van der Waals surface area contributed by atoms with Crippen LogP contribution in [0.5, 0.6) is 0 Å². The average Bonchev–Trinajstić information content (AvgIpc) is 3.12. The third-order valence-electron chi connectivity index (χ3n) is 3.58. The molecular formula is C12H20N2O3. The molecule has 5 nitrogen and oxygen atoms in total. The predicted octanol–water partition coefficient (Wildman–Crippen LogP) is 1.39. The van der Waals surface area contributed by atoms with E-state index >= 15 is 0 Å². The van der Waals surface area contributed by atoms with Crippen LogP contribution in [0.1, 0.15) is 32.1 Å². The van der Waals surface area contributed by atoms with Crippen molar-refractivity contribution < 1.29 is 14.7 Å². The molecule has 2 aliphatic rings. The predicted molar refractivity (Wildman–Crippen MR) is 62.8 cm³/mol. The van der Waals surface area contributed by atoms with E-state index in [9.17, 15) is 9.59 Å². The Morgan fingerprint density at radius 1 is 1.06 bits per heavy atom. The molecule has 1 saturated heterocycles. The van der Waals surface area contributed by atoms with Crippen LogP contribution in [0.15, 0.2) is 0 Å². The van der Waals surface area contributed by atoms with Crippen molar-refractivity contribution in [3.63, 3.8) is 0 Å². The van der Waals surface area contributed by atoms with Crippen LogP contribution in [-0.2, 0) is 4.79 Å². The van der Waals surface area contributed by atoms with Crippen LogP contribution < -0.4 is 0 Å². The molecule has 96 valence electrons. The summed E-state index contributed by atoms with van der Waals surface area (Å²) in [5.41, 5.74) is 0. The summed E-state index contributed by atoms with van der Waals surface area (Å²) < 4.78 is 0. The molecule has 2 fully saturated rings. The maximum Gasteiger partial charge on any atom is 0.407 e. The first-order chi connectivity index (χ1) is 8.16. The lowest BCUT2D eigenvalue weighted by Gasteiger charge is -2.20. The van der Waals surface area contributed by atoms with Crippen molar-refractivity contribution in [3.8, 4) is 0 Å². The molecule has 0 unspecified atom stereocenters. The summed E-state index contributed by atoms with van der Waals surface area (Å²) in [6.07, 6.45) is 4.08. The Morgan fingerprint density at radius 3 is 2.35 bits per heavy atom. The van der Waals surface area contributed by atoms with E-state index in [-0.39, 0.29) is 5.91 Å². The minimum absolute atomic E-state index is 0.198. The second kappa shape index (κ2) is 5.38. The summed E-state index contributed by atoms with van der Waals surface area (Å²) >= 11 is 0. The molecule has 1 heterocycles. The third-order valence-corrected chi connectivity index (χ3v) is 3.58. The standard InChI is InChI=1S/C12H20N2O3/c15-11(5-4-10-2-3-10)13-6-1-7-14(9-8-13)12(16)17/h10H,1-9H2,(H,16,17). The van der Waals surface area contributed by atoms with Gasteiger partial charge in [0.05, 0.1) is 0 Å². The molecule has 1 N–H and O–H groups in total. The lowest BCUT2D eigenvalue weighted by atomic mass is 10.2. The molecule has 0 atom stereocenters. The number of carbonyl (C=O) groups is 2. The van der Waals surface area contributed by atoms with Crippen LogP contribution in [0.25, 0.3) is 0 Å². The number of hydrogen-bond acceptors (Lipinski definition) is 2. The van der Waals surface area contributed by atoms with Gasteiger partial charge in [-0.05, 0) is 18.8 Å². The molecular weight excluding hydrogens is 220 g/mol. The zero-order valence-electron chi connectivity index (χ0n) is 10.1. The molecule has 2 amide bonds. The molecule has 0 radical (unpaired) electrons. The molecule has 17 heavy (non-hydrogen) atoms. The minimum Gasteiger partial charge on any atom is -0.465 e. The lowest BCUT2D eigenvalue weighted by Crippen LogP contribution is -2.36. The van der Waals surface area contributed by atoms with Crippen LogP contribution in [-0.4, -0.2) is 53.1 Å². The van der Waals surface area contributed by atoms with Crippen LogP contribution in [0.2, 0.25) is 0 Å². The molecule has 2 rings (SSSR count). The first-order valence-corrected chi connectivity index (χ1v) is 6.42. The quantitative estimate of drug-likeness (QED) is 0.811. The van der Waals surface area contributed by atoms with Crippen LogP contribution in [0.4, 0.5) is 4.79 Å². The van der Waals surface area contributed by atoms with Crippen molar-refractivity contribution in [2.45, 2.75) is 32.1 Å². The van der Waals surface area contributed by atoms with E-state index in [2.05, 4.69) is 0 Å². The smallest absolute Gasteiger partial charge is 0.407 e. The Kier molecular flexibility index (Phi) is 3.86. The summed E-state index contributed by atoms with van der Waals surface area (Å²) in [5, 5.41) is 8.90. The number of carbonyl (C=O) groups excluding carboxylic acids is 1. The van der Waals surface area contributed by atoms with Gasteiger partial charge in [-0.1, -0.05) is 12.8 Å². The fourth-order valence-electron chi connectivity index (χ4n) is 2.25. The molecule has 0 aromatic heterocycles. The summed E-state index contributed by atoms with van der Waals surface area (Å²) in [5.74, 6) is 0.977. The highest BCUT2D eigenvalue weighted by molar-refractivity contribution is 5.76. The van der Waals surface area contributed by atoms with Gasteiger partial charge in [0.2, 0.25) is 5.91 Å². The van der Waals surface area contributed by atoms with E-state index in [0.29, 0.717) is 32.6 Å².